The third kappa shape index (κ3) is 0.597. The van der Waals surface area contributed by atoms with Crippen LogP contribution in [0.3, 0.4) is 0 Å². The SMILES string of the molecule is [O-][NH2+]C1CC1. The predicted molar refractivity (Wildman–Crippen MR) is 18.3 cm³/mol. The van der Waals surface area contributed by atoms with Gasteiger partial charge in [0.25, 0.3) is 0 Å². The molecule has 1 aliphatic carbocycles. The molecule has 0 heterocycles. The van der Waals surface area contributed by atoms with Gasteiger partial charge in [-0.25, -0.2) is 0 Å². The van der Waals surface area contributed by atoms with Crippen LogP contribution in [0.2, 0.25) is 0 Å². The maximum absolute atomic E-state index is 9.57. The third-order valence-corrected chi connectivity index (χ3v) is 0.814. The molecule has 0 amide bonds. The Morgan fingerprint density at radius 1 is 1.60 bits per heavy atom. The van der Waals surface area contributed by atoms with Crippen molar-refractivity contribution in [2.75, 3.05) is 0 Å². The van der Waals surface area contributed by atoms with E-state index in [1.807, 2.05) is 0 Å². The molecule has 0 saturated heterocycles. The minimum absolute atomic E-state index is 0.454. The number of hydrogen-bond acceptors (Lipinski definition) is 1. The molecule has 5 heavy (non-hydrogen) atoms. The van der Waals surface area contributed by atoms with Crippen LogP contribution in [0.4, 0.5) is 0 Å². The Morgan fingerprint density at radius 2 is 2.20 bits per heavy atom. The maximum atomic E-state index is 9.57. The molecule has 30 valence electrons. The molecule has 1 rings (SSSR count). The Morgan fingerprint density at radius 3 is 2.20 bits per heavy atom. The standard InChI is InChI=1S/C3H7NO/c5-4-3-1-2-3/h3H,1-2,4H2. The Balaban J connectivity index is 2.00. The second-order valence-corrected chi connectivity index (χ2v) is 1.47. The fourth-order valence-electron chi connectivity index (χ4n) is 0.232. The summed E-state index contributed by atoms with van der Waals surface area (Å²) in [6.45, 7) is 0. The van der Waals surface area contributed by atoms with Gasteiger partial charge in [0.2, 0.25) is 0 Å². The highest BCUT2D eigenvalue weighted by atomic mass is 16.5. The molecule has 0 aromatic carbocycles. The molecule has 1 fully saturated rings. The van der Waals surface area contributed by atoms with Crippen LogP contribution in [0.25, 0.3) is 0 Å². The molecule has 0 aliphatic heterocycles. The van der Waals surface area contributed by atoms with E-state index in [-0.39, 0.29) is 0 Å². The van der Waals surface area contributed by atoms with Crippen LogP contribution in [0.1, 0.15) is 12.8 Å². The first-order valence-corrected chi connectivity index (χ1v) is 1.89. The van der Waals surface area contributed by atoms with Gasteiger partial charge in [0.1, 0.15) is 0 Å². The van der Waals surface area contributed by atoms with Crippen LogP contribution in [0, 0.1) is 5.21 Å². The molecule has 0 bridgehead atoms. The molecule has 0 spiro atoms. The number of nitrogens with two attached hydrogens (primary N) is 1. The van der Waals surface area contributed by atoms with E-state index in [0.717, 1.165) is 18.3 Å². The summed E-state index contributed by atoms with van der Waals surface area (Å²) >= 11 is 0. The Hall–Kier alpha value is -0.0800. The topological polar surface area (TPSA) is 39.7 Å². The van der Waals surface area contributed by atoms with Crippen molar-refractivity contribution in [2.45, 2.75) is 18.9 Å². The van der Waals surface area contributed by atoms with E-state index in [1.54, 1.807) is 0 Å². The number of quaternary nitrogens is 1. The van der Waals surface area contributed by atoms with Gasteiger partial charge in [-0.15, -0.1) is 0 Å². The first-order valence-electron chi connectivity index (χ1n) is 1.89. The van der Waals surface area contributed by atoms with Crippen LogP contribution >= 0.6 is 0 Å². The molecule has 2 N–H and O–H groups in total. The van der Waals surface area contributed by atoms with Crippen molar-refractivity contribution >= 4 is 0 Å². The Bertz CT molecular complexity index is 33.9. The normalized spacial score (nSPS) is 23.4. The quantitative estimate of drug-likeness (QED) is 0.406. The van der Waals surface area contributed by atoms with Gasteiger partial charge in [-0.2, -0.15) is 0 Å². The summed E-state index contributed by atoms with van der Waals surface area (Å²) in [6.07, 6.45) is 2.28. The first-order chi connectivity index (χ1) is 2.43. The second-order valence-electron chi connectivity index (χ2n) is 1.47. The van der Waals surface area contributed by atoms with E-state index < -0.39 is 0 Å². The van der Waals surface area contributed by atoms with Crippen LogP contribution < -0.4 is 5.48 Å². The van der Waals surface area contributed by atoms with Crippen LogP contribution in [-0.2, 0) is 0 Å². The monoisotopic (exact) mass is 73.1 g/mol. The van der Waals surface area contributed by atoms with Crippen LogP contribution in [0.5, 0.6) is 0 Å². The number of hydroxylamine groups is 1. The summed E-state index contributed by atoms with van der Waals surface area (Å²) < 4.78 is 0. The summed E-state index contributed by atoms with van der Waals surface area (Å²) in [5.74, 6) is 0. The summed E-state index contributed by atoms with van der Waals surface area (Å²) in [6, 6.07) is 0.454. The van der Waals surface area contributed by atoms with Crippen LogP contribution in [-0.4, -0.2) is 6.04 Å². The van der Waals surface area contributed by atoms with E-state index in [1.165, 1.54) is 0 Å². The van der Waals surface area contributed by atoms with E-state index in [4.69, 9.17) is 0 Å². The maximum Gasteiger partial charge on any atom is 0.0860 e. The molecule has 0 aromatic heterocycles. The molecule has 0 atom stereocenters. The molecular formula is C3H7NO. The Kier molecular flexibility index (Phi) is 0.596. The summed E-state index contributed by atoms with van der Waals surface area (Å²) in [5, 5.41) is 9.57. The lowest BCUT2D eigenvalue weighted by molar-refractivity contribution is -0.603. The van der Waals surface area contributed by atoms with Crippen molar-refractivity contribution in [1.29, 1.82) is 0 Å². The van der Waals surface area contributed by atoms with Crippen LogP contribution in [0.15, 0.2) is 0 Å². The number of rotatable bonds is 1. The predicted octanol–water partition coefficient (Wildman–Crippen LogP) is -0.790. The number of hydrogen-bond donors (Lipinski definition) is 1. The molecule has 2 heteroatoms. The molecule has 0 unspecified atom stereocenters. The highest BCUT2D eigenvalue weighted by Crippen LogP contribution is 2.12. The van der Waals surface area contributed by atoms with E-state index >= 15 is 0 Å². The van der Waals surface area contributed by atoms with Gasteiger partial charge in [-0.05, 0) is 0 Å². The average molecular weight is 73.1 g/mol. The van der Waals surface area contributed by atoms with Crippen molar-refractivity contribution in [3.05, 3.63) is 5.21 Å². The minimum Gasteiger partial charge on any atom is -0.636 e. The Labute approximate surface area is 30.8 Å². The lowest BCUT2D eigenvalue weighted by atomic mass is 10.8. The zero-order valence-electron chi connectivity index (χ0n) is 2.98. The molecule has 2 nitrogen and oxygen atoms in total. The van der Waals surface area contributed by atoms with Crippen molar-refractivity contribution < 1.29 is 5.48 Å². The largest absolute Gasteiger partial charge is 0.636 e. The van der Waals surface area contributed by atoms with Crippen molar-refractivity contribution in [1.82, 2.24) is 0 Å². The van der Waals surface area contributed by atoms with Crippen molar-refractivity contribution in [2.24, 2.45) is 0 Å². The first kappa shape index (κ1) is 3.12. The van der Waals surface area contributed by atoms with Crippen molar-refractivity contribution in [3.63, 3.8) is 0 Å². The summed E-state index contributed by atoms with van der Waals surface area (Å²) in [4.78, 5) is 0. The smallest absolute Gasteiger partial charge is 0.0860 e. The minimum atomic E-state index is 0.454. The molecule has 0 aromatic rings. The molecule has 0 radical (unpaired) electrons. The van der Waals surface area contributed by atoms with Gasteiger partial charge in [0.05, 0.1) is 6.04 Å². The molecule has 1 aliphatic rings. The van der Waals surface area contributed by atoms with Crippen molar-refractivity contribution in [3.8, 4) is 0 Å². The van der Waals surface area contributed by atoms with Gasteiger partial charge < -0.3 is 10.7 Å². The fourth-order valence-corrected chi connectivity index (χ4v) is 0.232. The highest BCUT2D eigenvalue weighted by molar-refractivity contribution is 4.68. The van der Waals surface area contributed by atoms with E-state index in [0.29, 0.717) is 6.04 Å². The second kappa shape index (κ2) is 0.954. The van der Waals surface area contributed by atoms with Gasteiger partial charge >= 0.3 is 0 Å². The average Bonchev–Trinajstić information content (AvgIpc) is 2.12. The lowest BCUT2D eigenvalue weighted by Crippen LogP contribution is -2.79. The van der Waals surface area contributed by atoms with E-state index in [2.05, 4.69) is 0 Å². The molecule has 1 saturated carbocycles. The van der Waals surface area contributed by atoms with Gasteiger partial charge in [-0.1, -0.05) is 0 Å². The van der Waals surface area contributed by atoms with Gasteiger partial charge in [0.15, 0.2) is 0 Å². The molecular weight excluding hydrogens is 66.0 g/mol. The zero-order valence-corrected chi connectivity index (χ0v) is 2.98. The summed E-state index contributed by atoms with van der Waals surface area (Å²) in [5.41, 5.74) is 1.03. The summed E-state index contributed by atoms with van der Waals surface area (Å²) in [7, 11) is 0. The zero-order chi connectivity index (χ0) is 3.70. The lowest BCUT2D eigenvalue weighted by Gasteiger charge is -1.92. The third-order valence-electron chi connectivity index (χ3n) is 0.814. The fraction of sp³-hybridized carbons (Fsp3) is 1.00. The highest BCUT2D eigenvalue weighted by Gasteiger charge is 2.20. The van der Waals surface area contributed by atoms with Gasteiger partial charge in [-0.3, -0.25) is 0 Å². The van der Waals surface area contributed by atoms with Gasteiger partial charge in [0, 0.05) is 12.8 Å². The van der Waals surface area contributed by atoms with E-state index in [9.17, 15) is 5.21 Å².